The quantitative estimate of drug-likeness (QED) is 0.126. The second-order valence-corrected chi connectivity index (χ2v) is 25.5. The minimum absolute atomic E-state index is 0.144. The van der Waals surface area contributed by atoms with Crippen LogP contribution in [0.15, 0.2) is 194 Å². The fraction of sp³-hybridized carbons (Fsp3) is 0.233. The van der Waals surface area contributed by atoms with E-state index in [1.165, 1.54) is 22.3 Å². The number of benzene rings is 8. The van der Waals surface area contributed by atoms with Crippen LogP contribution >= 0.6 is 0 Å². The lowest BCUT2D eigenvalue weighted by molar-refractivity contribution is 0.0473. The fourth-order valence-corrected chi connectivity index (χ4v) is 10.3. The summed E-state index contributed by atoms with van der Waals surface area (Å²) in [6.45, 7) is 27.3. The second-order valence-electron chi connectivity index (χ2n) is 25.5. The molecule has 0 spiro atoms. The molecule has 0 unspecified atom stereocenters. The summed E-state index contributed by atoms with van der Waals surface area (Å²) in [5, 5.41) is 1.89. The standard InChI is InChI=1S/C73H70N6O2/c1-70(2,3)53-36-51(37-54(42-53)71(4,5)6)66-76-65(77-67(78-66)52-38-55(72(7,8)9)43-56(39-52)73(10,11)12)49-32-34-64(59(40-49)68-74-60(47-26-18-14-19-27-47)44-61(75-68)48-28-20-15-21-29-48)79-62-31-23-22-30-57(62)58-41-50(33-35-63(58)79)69(80)81-45-46-24-16-13-17-25-46/h13-44H,45H2,1-12H3. The molecule has 8 nitrogen and oxygen atoms in total. The molecular weight excluding hydrogens is 993 g/mol. The molecule has 8 aromatic carbocycles. The van der Waals surface area contributed by atoms with Crippen molar-refractivity contribution in [3.05, 3.63) is 228 Å². The Kier molecular flexibility index (Phi) is 14.0. The zero-order chi connectivity index (χ0) is 57.0. The lowest BCUT2D eigenvalue weighted by atomic mass is 9.79. The van der Waals surface area contributed by atoms with E-state index < -0.39 is 5.97 Å². The number of hydrogen-bond acceptors (Lipinski definition) is 7. The van der Waals surface area contributed by atoms with Crippen molar-refractivity contribution in [2.75, 3.05) is 0 Å². The topological polar surface area (TPSA) is 95.7 Å². The molecule has 11 aromatic rings. The Bertz CT molecular complexity index is 3940. The zero-order valence-electron chi connectivity index (χ0n) is 48.7. The van der Waals surface area contributed by atoms with Crippen LogP contribution < -0.4 is 0 Å². The Labute approximate surface area is 477 Å². The highest BCUT2D eigenvalue weighted by Gasteiger charge is 2.27. The molecule has 0 saturated carbocycles. The van der Waals surface area contributed by atoms with E-state index in [4.69, 9.17) is 29.7 Å². The van der Waals surface area contributed by atoms with E-state index >= 15 is 0 Å². The molecule has 0 atom stereocenters. The predicted octanol–water partition coefficient (Wildman–Crippen LogP) is 18.3. The molecule has 3 aromatic heterocycles. The van der Waals surface area contributed by atoms with Crippen LogP contribution in [0.5, 0.6) is 0 Å². The molecule has 0 aliphatic carbocycles. The van der Waals surface area contributed by atoms with Crippen molar-refractivity contribution in [3.63, 3.8) is 0 Å². The van der Waals surface area contributed by atoms with Crippen molar-refractivity contribution in [2.45, 2.75) is 111 Å². The van der Waals surface area contributed by atoms with Gasteiger partial charge in [-0.05, 0) is 122 Å². The third-order valence-electron chi connectivity index (χ3n) is 15.2. The third kappa shape index (κ3) is 11.3. The van der Waals surface area contributed by atoms with E-state index in [1.54, 1.807) is 0 Å². The van der Waals surface area contributed by atoms with Gasteiger partial charge in [-0.15, -0.1) is 0 Å². The monoisotopic (exact) mass is 1060 g/mol. The molecule has 3 heterocycles. The number of carbonyl (C=O) groups excluding carboxylic acids is 1. The number of carbonyl (C=O) groups is 1. The van der Waals surface area contributed by atoms with E-state index in [0.717, 1.165) is 77.8 Å². The van der Waals surface area contributed by atoms with Crippen molar-refractivity contribution in [2.24, 2.45) is 0 Å². The number of aromatic nitrogens is 6. The summed E-state index contributed by atoms with van der Waals surface area (Å²) in [4.78, 5) is 41.2. The number of hydrogen-bond donors (Lipinski definition) is 0. The number of rotatable bonds is 10. The van der Waals surface area contributed by atoms with E-state index in [1.807, 2.05) is 97.1 Å². The molecule has 11 rings (SSSR count). The summed E-state index contributed by atoms with van der Waals surface area (Å²) in [5.41, 5.74) is 15.2. The molecule has 0 amide bonds. The van der Waals surface area contributed by atoms with Gasteiger partial charge < -0.3 is 9.30 Å². The van der Waals surface area contributed by atoms with Crippen molar-refractivity contribution in [1.29, 1.82) is 0 Å². The van der Waals surface area contributed by atoms with Crippen LogP contribution in [0.25, 0.3) is 95.6 Å². The first kappa shape index (κ1) is 54.1. The molecule has 0 radical (unpaired) electrons. The van der Waals surface area contributed by atoms with Gasteiger partial charge >= 0.3 is 5.97 Å². The molecule has 8 heteroatoms. The van der Waals surface area contributed by atoms with Crippen LogP contribution in [-0.2, 0) is 33.0 Å². The van der Waals surface area contributed by atoms with Crippen LogP contribution in [0.4, 0.5) is 0 Å². The van der Waals surface area contributed by atoms with Crippen molar-refractivity contribution >= 4 is 27.8 Å². The Morgan fingerprint density at radius 2 is 0.827 bits per heavy atom. The Morgan fingerprint density at radius 3 is 1.32 bits per heavy atom. The molecule has 0 fully saturated rings. The van der Waals surface area contributed by atoms with E-state index in [0.29, 0.717) is 28.9 Å². The Morgan fingerprint density at radius 1 is 0.383 bits per heavy atom. The van der Waals surface area contributed by atoms with Gasteiger partial charge in [0.25, 0.3) is 0 Å². The van der Waals surface area contributed by atoms with Gasteiger partial charge in [0.05, 0.1) is 33.7 Å². The summed E-state index contributed by atoms with van der Waals surface area (Å²) in [6.07, 6.45) is 0. The lowest BCUT2D eigenvalue weighted by Gasteiger charge is -2.26. The molecule has 0 N–H and O–H groups in total. The molecule has 0 bridgehead atoms. The Hall–Kier alpha value is -8.88. The van der Waals surface area contributed by atoms with Gasteiger partial charge in [0.1, 0.15) is 6.61 Å². The summed E-state index contributed by atoms with van der Waals surface area (Å²) in [7, 11) is 0. The van der Waals surface area contributed by atoms with E-state index in [9.17, 15) is 4.79 Å². The number of fused-ring (bicyclic) bond motifs is 3. The Balaban J connectivity index is 1.19. The molecule has 0 aliphatic rings. The van der Waals surface area contributed by atoms with Gasteiger partial charge in [0.15, 0.2) is 23.3 Å². The molecule has 81 heavy (non-hydrogen) atoms. The number of esters is 1. The first-order chi connectivity index (χ1) is 38.5. The summed E-state index contributed by atoms with van der Waals surface area (Å²) in [6, 6.07) is 66.5. The number of para-hydroxylation sites is 1. The van der Waals surface area contributed by atoms with Gasteiger partial charge in [-0.1, -0.05) is 204 Å². The average Bonchev–Trinajstić information content (AvgIpc) is 3.82. The minimum Gasteiger partial charge on any atom is -0.457 e. The van der Waals surface area contributed by atoms with Crippen LogP contribution in [0, 0.1) is 0 Å². The maximum Gasteiger partial charge on any atom is 0.338 e. The number of nitrogens with zero attached hydrogens (tertiary/aromatic N) is 6. The highest BCUT2D eigenvalue weighted by atomic mass is 16.5. The van der Waals surface area contributed by atoms with Gasteiger partial charge in [-0.25, -0.2) is 29.7 Å². The van der Waals surface area contributed by atoms with E-state index in [-0.39, 0.29) is 28.3 Å². The first-order valence-corrected chi connectivity index (χ1v) is 28.0. The van der Waals surface area contributed by atoms with Gasteiger partial charge in [0, 0.05) is 44.2 Å². The van der Waals surface area contributed by atoms with Crippen LogP contribution in [-0.4, -0.2) is 35.5 Å². The average molecular weight is 1060 g/mol. The molecule has 404 valence electrons. The normalized spacial score (nSPS) is 12.3. The van der Waals surface area contributed by atoms with Crippen molar-refractivity contribution < 1.29 is 9.53 Å². The third-order valence-corrected chi connectivity index (χ3v) is 15.2. The summed E-state index contributed by atoms with van der Waals surface area (Å²) < 4.78 is 8.13. The van der Waals surface area contributed by atoms with Crippen molar-refractivity contribution in [3.8, 4) is 73.8 Å². The van der Waals surface area contributed by atoms with Crippen LogP contribution in [0.3, 0.4) is 0 Å². The lowest BCUT2D eigenvalue weighted by Crippen LogP contribution is -2.17. The van der Waals surface area contributed by atoms with Crippen LogP contribution in [0.1, 0.15) is 121 Å². The SMILES string of the molecule is CC(C)(C)c1cc(-c2nc(-c3cc(C(C)(C)C)cc(C(C)(C)C)c3)nc(-c3ccc(-n4c5ccccc5c5cc(C(=O)OCc6ccccc6)ccc54)c(-c4nc(-c5ccccc5)cc(-c5ccccc5)n4)c3)n2)cc(C(C)(C)C)c1. The van der Waals surface area contributed by atoms with Gasteiger partial charge in [0.2, 0.25) is 0 Å². The highest BCUT2D eigenvalue weighted by Crippen LogP contribution is 2.41. The highest BCUT2D eigenvalue weighted by molar-refractivity contribution is 6.11. The fourth-order valence-electron chi connectivity index (χ4n) is 10.3. The molecule has 0 saturated heterocycles. The minimum atomic E-state index is -0.391. The second kappa shape index (κ2) is 21.0. The largest absolute Gasteiger partial charge is 0.457 e. The smallest absolute Gasteiger partial charge is 0.338 e. The predicted molar refractivity (Wildman–Crippen MR) is 333 cm³/mol. The first-order valence-electron chi connectivity index (χ1n) is 28.0. The van der Waals surface area contributed by atoms with Gasteiger partial charge in [-0.2, -0.15) is 0 Å². The summed E-state index contributed by atoms with van der Waals surface area (Å²) >= 11 is 0. The van der Waals surface area contributed by atoms with Crippen molar-refractivity contribution in [1.82, 2.24) is 29.5 Å². The summed E-state index contributed by atoms with van der Waals surface area (Å²) in [5.74, 6) is 1.82. The van der Waals surface area contributed by atoms with E-state index in [2.05, 4.69) is 185 Å². The molecule has 0 aliphatic heterocycles. The maximum absolute atomic E-state index is 13.8. The number of ether oxygens (including phenoxy) is 1. The zero-order valence-corrected chi connectivity index (χ0v) is 48.7. The molecular formula is C73H70N6O2. The van der Waals surface area contributed by atoms with Crippen LogP contribution in [0.2, 0.25) is 0 Å². The van der Waals surface area contributed by atoms with Gasteiger partial charge in [-0.3, -0.25) is 0 Å². The maximum atomic E-state index is 13.8.